The number of methoxy groups -OCH3 is 1. The molecule has 2 fully saturated rings. The van der Waals surface area contributed by atoms with Crippen LogP contribution < -0.4 is 15.0 Å². The molecule has 1 atom stereocenters. The highest BCUT2D eigenvalue weighted by atomic mass is 16.6. The van der Waals surface area contributed by atoms with E-state index in [1.165, 1.54) is 19.2 Å². The Hall–Kier alpha value is -2.64. The number of hydrogen-bond acceptors (Lipinski definition) is 6. The molecule has 2 saturated heterocycles. The number of anilines is 1. The van der Waals surface area contributed by atoms with Gasteiger partial charge in [0.1, 0.15) is 5.75 Å². The van der Waals surface area contributed by atoms with Gasteiger partial charge in [-0.15, -0.1) is 0 Å². The molecule has 24 heavy (non-hydrogen) atoms. The van der Waals surface area contributed by atoms with Gasteiger partial charge in [-0.2, -0.15) is 0 Å². The fraction of sp³-hybridized carbons (Fsp3) is 0.500. The maximum absolute atomic E-state index is 12.4. The van der Waals surface area contributed by atoms with Crippen LogP contribution in [0.1, 0.15) is 25.7 Å². The summed E-state index contributed by atoms with van der Waals surface area (Å²) in [4.78, 5) is 36.4. The van der Waals surface area contributed by atoms with Crippen molar-refractivity contribution in [2.75, 3.05) is 25.1 Å². The Morgan fingerprint density at radius 2 is 2.12 bits per heavy atom. The largest absolute Gasteiger partial charge is 0.494 e. The van der Waals surface area contributed by atoms with Gasteiger partial charge in [-0.05, 0) is 25.3 Å². The molecule has 128 valence electrons. The van der Waals surface area contributed by atoms with Crippen LogP contribution in [0.4, 0.5) is 11.4 Å². The first kappa shape index (κ1) is 16.2. The van der Waals surface area contributed by atoms with Gasteiger partial charge in [-0.1, -0.05) is 0 Å². The molecule has 8 heteroatoms. The number of nitro benzene ring substituents is 1. The molecule has 0 aromatic heterocycles. The molecule has 2 aliphatic rings. The van der Waals surface area contributed by atoms with Gasteiger partial charge < -0.3 is 9.64 Å². The number of non-ortho nitro benzene ring substituents is 1. The summed E-state index contributed by atoms with van der Waals surface area (Å²) < 4.78 is 5.29. The minimum absolute atomic E-state index is 0.0395. The molecule has 0 bridgehead atoms. The van der Waals surface area contributed by atoms with Crippen LogP contribution in [0.25, 0.3) is 0 Å². The number of imide groups is 1. The normalized spacial score (nSPS) is 24.0. The molecule has 1 aromatic carbocycles. The Morgan fingerprint density at radius 1 is 1.33 bits per heavy atom. The van der Waals surface area contributed by atoms with Crippen LogP contribution in [-0.4, -0.2) is 36.9 Å². The third-order valence-electron chi connectivity index (χ3n) is 4.86. The zero-order chi connectivity index (χ0) is 17.3. The molecule has 0 radical (unpaired) electrons. The number of rotatable bonds is 3. The number of carbonyl (C=O) groups excluding carboxylic acids is 2. The van der Waals surface area contributed by atoms with E-state index >= 15 is 0 Å². The highest BCUT2D eigenvalue weighted by molar-refractivity contribution is 5.99. The minimum atomic E-state index is -0.584. The lowest BCUT2D eigenvalue weighted by molar-refractivity contribution is -0.384. The molecule has 0 saturated carbocycles. The van der Waals surface area contributed by atoms with Crippen LogP contribution >= 0.6 is 0 Å². The highest BCUT2D eigenvalue weighted by Crippen LogP contribution is 2.42. The van der Waals surface area contributed by atoms with Gasteiger partial charge in [-0.25, -0.2) is 0 Å². The number of carbonyl (C=O) groups is 2. The summed E-state index contributed by atoms with van der Waals surface area (Å²) in [5, 5.41) is 13.4. The summed E-state index contributed by atoms with van der Waals surface area (Å²) >= 11 is 0. The quantitative estimate of drug-likeness (QED) is 0.512. The van der Waals surface area contributed by atoms with Gasteiger partial charge in [0.25, 0.3) is 5.69 Å². The smallest absolute Gasteiger partial charge is 0.273 e. The van der Waals surface area contributed by atoms with Crippen LogP contribution in [0, 0.1) is 15.5 Å². The summed E-state index contributed by atoms with van der Waals surface area (Å²) in [5.74, 6) is -0.0250. The molecular weight excluding hydrogens is 314 g/mol. The maximum Gasteiger partial charge on any atom is 0.273 e. The number of nitrogens with zero attached hydrogens (tertiary/aromatic N) is 2. The number of nitrogens with one attached hydrogen (secondary N) is 1. The second-order valence-electron chi connectivity index (χ2n) is 6.30. The first-order chi connectivity index (χ1) is 11.4. The Morgan fingerprint density at radius 3 is 2.83 bits per heavy atom. The average Bonchev–Trinajstić information content (AvgIpc) is 2.93. The number of ether oxygens (including phenoxy) is 1. The third kappa shape index (κ3) is 2.79. The van der Waals surface area contributed by atoms with E-state index in [1.54, 1.807) is 6.07 Å². The average molecular weight is 333 g/mol. The van der Waals surface area contributed by atoms with Crippen molar-refractivity contribution in [1.29, 1.82) is 0 Å². The van der Waals surface area contributed by atoms with Crippen molar-refractivity contribution in [2.24, 2.45) is 5.41 Å². The topological polar surface area (TPSA) is 102 Å². The van der Waals surface area contributed by atoms with E-state index in [9.17, 15) is 19.7 Å². The van der Waals surface area contributed by atoms with Crippen molar-refractivity contribution < 1.29 is 19.2 Å². The van der Waals surface area contributed by atoms with Gasteiger partial charge in [0, 0.05) is 25.6 Å². The number of hydrogen-bond donors (Lipinski definition) is 1. The van der Waals surface area contributed by atoms with Gasteiger partial charge in [0.2, 0.25) is 11.8 Å². The van der Waals surface area contributed by atoms with Crippen LogP contribution in [0.3, 0.4) is 0 Å². The SMILES string of the molecule is COc1cc([N+](=O)[O-])ccc1N1CCC2(CCCC(=O)NC2=O)C1. The highest BCUT2D eigenvalue weighted by Gasteiger charge is 2.46. The summed E-state index contributed by atoms with van der Waals surface area (Å²) in [6.45, 7) is 1.11. The van der Waals surface area contributed by atoms with E-state index in [-0.39, 0.29) is 17.5 Å². The number of benzene rings is 1. The second kappa shape index (κ2) is 6.10. The fourth-order valence-corrected chi connectivity index (χ4v) is 3.53. The summed E-state index contributed by atoms with van der Waals surface area (Å²) in [5.41, 5.74) is 0.101. The Balaban J connectivity index is 1.86. The van der Waals surface area contributed by atoms with Crippen molar-refractivity contribution in [3.8, 4) is 5.75 Å². The summed E-state index contributed by atoms with van der Waals surface area (Å²) in [7, 11) is 1.46. The monoisotopic (exact) mass is 333 g/mol. The zero-order valence-electron chi connectivity index (χ0n) is 13.4. The maximum atomic E-state index is 12.4. The first-order valence-electron chi connectivity index (χ1n) is 7.87. The molecule has 2 amide bonds. The molecule has 1 unspecified atom stereocenters. The first-order valence-corrected chi connectivity index (χ1v) is 7.87. The van der Waals surface area contributed by atoms with Crippen LogP contribution in [-0.2, 0) is 9.59 Å². The molecule has 2 aliphatic heterocycles. The predicted octanol–water partition coefficient (Wildman–Crippen LogP) is 1.63. The van der Waals surface area contributed by atoms with E-state index in [4.69, 9.17) is 4.74 Å². The summed E-state index contributed by atoms with van der Waals surface area (Å²) in [6, 6.07) is 4.46. The molecule has 8 nitrogen and oxygen atoms in total. The van der Waals surface area contributed by atoms with Crippen LogP contribution in [0.5, 0.6) is 5.75 Å². The van der Waals surface area contributed by atoms with Gasteiger partial charge in [0.05, 0.1) is 29.2 Å². The predicted molar refractivity (Wildman–Crippen MR) is 85.9 cm³/mol. The molecular formula is C16H19N3O5. The van der Waals surface area contributed by atoms with E-state index in [0.717, 1.165) is 5.69 Å². The molecule has 1 N–H and O–H groups in total. The van der Waals surface area contributed by atoms with Crippen molar-refractivity contribution in [2.45, 2.75) is 25.7 Å². The third-order valence-corrected chi connectivity index (χ3v) is 4.86. The van der Waals surface area contributed by atoms with Gasteiger partial charge in [0.15, 0.2) is 0 Å². The molecule has 1 spiro atoms. The molecule has 1 aromatic rings. The second-order valence-corrected chi connectivity index (χ2v) is 6.30. The van der Waals surface area contributed by atoms with Crippen LogP contribution in [0.2, 0.25) is 0 Å². The molecule has 0 aliphatic carbocycles. The molecule has 3 rings (SSSR count). The van der Waals surface area contributed by atoms with E-state index in [2.05, 4.69) is 5.32 Å². The lowest BCUT2D eigenvalue weighted by Crippen LogP contribution is -2.43. The minimum Gasteiger partial charge on any atom is -0.494 e. The van der Waals surface area contributed by atoms with Crippen LogP contribution in [0.15, 0.2) is 18.2 Å². The fourth-order valence-electron chi connectivity index (χ4n) is 3.53. The molecule has 2 heterocycles. The van der Waals surface area contributed by atoms with E-state index in [0.29, 0.717) is 44.5 Å². The van der Waals surface area contributed by atoms with Crippen molar-refractivity contribution in [3.05, 3.63) is 28.3 Å². The number of nitro groups is 1. The zero-order valence-corrected chi connectivity index (χ0v) is 13.4. The number of amides is 2. The standard InChI is InChI=1S/C16H19N3O5/c1-24-13-9-11(19(22)23)4-5-12(13)18-8-7-16(10-18)6-2-3-14(20)17-15(16)21/h4-5,9H,2-3,6-8,10H2,1H3,(H,17,20,21). The Kier molecular flexibility index (Phi) is 4.13. The Labute approximate surface area is 138 Å². The van der Waals surface area contributed by atoms with Crippen molar-refractivity contribution in [3.63, 3.8) is 0 Å². The lowest BCUT2D eigenvalue weighted by Gasteiger charge is -2.27. The summed E-state index contributed by atoms with van der Waals surface area (Å²) in [6.07, 6.45) is 2.36. The Bertz CT molecular complexity index is 705. The van der Waals surface area contributed by atoms with E-state index in [1.807, 2.05) is 4.90 Å². The lowest BCUT2D eigenvalue weighted by atomic mass is 9.82. The van der Waals surface area contributed by atoms with Gasteiger partial charge in [-0.3, -0.25) is 25.0 Å². The van der Waals surface area contributed by atoms with Crippen molar-refractivity contribution >= 4 is 23.2 Å². The van der Waals surface area contributed by atoms with Gasteiger partial charge >= 0.3 is 0 Å². The van der Waals surface area contributed by atoms with E-state index < -0.39 is 10.3 Å². The van der Waals surface area contributed by atoms with Crippen molar-refractivity contribution in [1.82, 2.24) is 5.32 Å².